The summed E-state index contributed by atoms with van der Waals surface area (Å²) in [5.74, 6) is 1.94. The van der Waals surface area contributed by atoms with Gasteiger partial charge < -0.3 is 25.0 Å². The molecule has 7 heteroatoms. The lowest BCUT2D eigenvalue weighted by Crippen LogP contribution is -2.38. The molecule has 158 valence electrons. The molecule has 0 unspecified atom stereocenters. The second-order valence-corrected chi connectivity index (χ2v) is 7.17. The summed E-state index contributed by atoms with van der Waals surface area (Å²) in [6.07, 6.45) is 0.931. The Balaban J connectivity index is 2.48. The minimum atomic E-state index is -0.0700. The van der Waals surface area contributed by atoms with Crippen LogP contribution < -0.4 is 15.4 Å². The van der Waals surface area contributed by atoms with Crippen molar-refractivity contribution in [3.05, 3.63) is 29.8 Å². The molecule has 0 saturated heterocycles. The lowest BCUT2D eigenvalue weighted by atomic mass is 10.2. The minimum absolute atomic E-state index is 0.0306. The van der Waals surface area contributed by atoms with Crippen molar-refractivity contribution in [1.29, 1.82) is 0 Å². The number of nitrogens with zero attached hydrogens (tertiary/aromatic N) is 2. The summed E-state index contributed by atoms with van der Waals surface area (Å²) in [6, 6.07) is 7.66. The third kappa shape index (κ3) is 10.8. The van der Waals surface area contributed by atoms with E-state index in [-0.39, 0.29) is 12.5 Å². The van der Waals surface area contributed by atoms with Crippen molar-refractivity contribution in [3.8, 4) is 5.75 Å². The number of carbonyl (C=O) groups excluding carboxylic acids is 1. The Morgan fingerprint density at radius 3 is 2.71 bits per heavy atom. The summed E-state index contributed by atoms with van der Waals surface area (Å²) in [5.41, 5.74) is 1.02. The second kappa shape index (κ2) is 13.8. The molecule has 0 fully saturated rings. The molecule has 0 aliphatic heterocycles. The molecular formula is C21H36N4O3. The van der Waals surface area contributed by atoms with Crippen LogP contribution in [0.4, 0.5) is 0 Å². The van der Waals surface area contributed by atoms with Crippen molar-refractivity contribution in [2.24, 2.45) is 10.9 Å². The molecule has 7 nitrogen and oxygen atoms in total. The zero-order chi connectivity index (χ0) is 20.8. The van der Waals surface area contributed by atoms with Crippen LogP contribution in [-0.4, -0.2) is 63.8 Å². The van der Waals surface area contributed by atoms with Crippen LogP contribution in [0.5, 0.6) is 5.75 Å². The lowest BCUT2D eigenvalue weighted by molar-refractivity contribution is -0.130. The van der Waals surface area contributed by atoms with Gasteiger partial charge in [0.05, 0.1) is 6.54 Å². The van der Waals surface area contributed by atoms with E-state index >= 15 is 0 Å². The number of hydrogen-bond acceptors (Lipinski definition) is 4. The monoisotopic (exact) mass is 392 g/mol. The van der Waals surface area contributed by atoms with Crippen molar-refractivity contribution in [1.82, 2.24) is 15.5 Å². The summed E-state index contributed by atoms with van der Waals surface area (Å²) in [7, 11) is 3.42. The van der Waals surface area contributed by atoms with Crippen molar-refractivity contribution < 1.29 is 14.3 Å². The van der Waals surface area contributed by atoms with Gasteiger partial charge in [0.15, 0.2) is 12.6 Å². The highest BCUT2D eigenvalue weighted by molar-refractivity contribution is 5.79. The number of carbonyl (C=O) groups is 1. The van der Waals surface area contributed by atoms with E-state index in [2.05, 4.69) is 29.5 Å². The first-order valence-corrected chi connectivity index (χ1v) is 9.94. The van der Waals surface area contributed by atoms with Gasteiger partial charge in [-0.05, 0) is 37.0 Å². The molecule has 0 aromatic heterocycles. The van der Waals surface area contributed by atoms with Gasteiger partial charge in [0.1, 0.15) is 5.75 Å². The quantitative estimate of drug-likeness (QED) is 0.324. The van der Waals surface area contributed by atoms with Crippen molar-refractivity contribution in [2.45, 2.75) is 33.7 Å². The van der Waals surface area contributed by atoms with E-state index in [1.165, 1.54) is 4.90 Å². The summed E-state index contributed by atoms with van der Waals surface area (Å²) >= 11 is 0. The molecule has 1 amide bonds. The molecule has 2 N–H and O–H groups in total. The fourth-order valence-electron chi connectivity index (χ4n) is 2.22. The molecule has 0 spiro atoms. The Morgan fingerprint density at radius 2 is 2.04 bits per heavy atom. The molecule has 28 heavy (non-hydrogen) atoms. The van der Waals surface area contributed by atoms with Crippen LogP contribution >= 0.6 is 0 Å². The Hall–Kier alpha value is -2.28. The molecule has 1 rings (SSSR count). The van der Waals surface area contributed by atoms with E-state index in [4.69, 9.17) is 9.47 Å². The van der Waals surface area contributed by atoms with E-state index in [1.54, 1.807) is 14.1 Å². The maximum Gasteiger partial charge on any atom is 0.259 e. The van der Waals surface area contributed by atoms with Crippen LogP contribution in [0.15, 0.2) is 29.3 Å². The SMILES string of the molecule is CCNC(=NCc1cccc(OCC(=O)N(C)C)c1)NCCCOCC(C)C. The van der Waals surface area contributed by atoms with Gasteiger partial charge in [0.2, 0.25) is 0 Å². The predicted octanol–water partition coefficient (Wildman–Crippen LogP) is 2.27. The van der Waals surface area contributed by atoms with Crippen LogP contribution in [0, 0.1) is 5.92 Å². The van der Waals surface area contributed by atoms with Crippen molar-refractivity contribution in [2.75, 3.05) is 47.0 Å². The number of hydrogen-bond donors (Lipinski definition) is 2. The van der Waals surface area contributed by atoms with Gasteiger partial charge in [-0.3, -0.25) is 4.79 Å². The molecular weight excluding hydrogens is 356 g/mol. The fourth-order valence-corrected chi connectivity index (χ4v) is 2.22. The Bertz CT molecular complexity index is 603. The molecule has 0 saturated carbocycles. The van der Waals surface area contributed by atoms with E-state index in [9.17, 15) is 4.79 Å². The molecule has 0 radical (unpaired) electrons. The first-order chi connectivity index (χ1) is 13.4. The third-order valence-electron chi connectivity index (χ3n) is 3.73. The summed E-state index contributed by atoms with van der Waals surface area (Å²) in [6.45, 7) is 10.0. The molecule has 0 heterocycles. The van der Waals surface area contributed by atoms with Gasteiger partial charge in [-0.1, -0.05) is 26.0 Å². The predicted molar refractivity (Wildman–Crippen MR) is 114 cm³/mol. The highest BCUT2D eigenvalue weighted by atomic mass is 16.5. The molecule has 0 aliphatic rings. The highest BCUT2D eigenvalue weighted by Gasteiger charge is 2.05. The molecule has 0 aliphatic carbocycles. The number of rotatable bonds is 12. The van der Waals surface area contributed by atoms with Gasteiger partial charge in [-0.25, -0.2) is 4.99 Å². The maximum atomic E-state index is 11.6. The summed E-state index contributed by atoms with van der Waals surface area (Å²) in [4.78, 5) is 17.8. The van der Waals surface area contributed by atoms with E-state index < -0.39 is 0 Å². The standard InChI is InChI=1S/C21H36N4O3/c1-6-22-21(23-11-8-12-27-15-17(2)3)24-14-18-9-7-10-19(13-18)28-16-20(26)25(4)5/h7,9-10,13,17H,6,8,11-12,14-16H2,1-5H3,(H2,22,23,24). The smallest absolute Gasteiger partial charge is 0.259 e. The minimum Gasteiger partial charge on any atom is -0.484 e. The number of guanidine groups is 1. The zero-order valence-corrected chi connectivity index (χ0v) is 18.0. The van der Waals surface area contributed by atoms with Crippen LogP contribution in [0.1, 0.15) is 32.8 Å². The van der Waals surface area contributed by atoms with Crippen LogP contribution in [0.2, 0.25) is 0 Å². The van der Waals surface area contributed by atoms with E-state index in [0.29, 0.717) is 18.2 Å². The normalized spacial score (nSPS) is 11.4. The van der Waals surface area contributed by atoms with Crippen LogP contribution in [0.25, 0.3) is 0 Å². The maximum absolute atomic E-state index is 11.6. The number of ether oxygens (including phenoxy) is 2. The average Bonchev–Trinajstić information content (AvgIpc) is 2.66. The van der Waals surface area contributed by atoms with E-state index in [0.717, 1.165) is 44.2 Å². The molecule has 1 aromatic rings. The number of likely N-dealkylation sites (N-methyl/N-ethyl adjacent to an activating group) is 1. The summed E-state index contributed by atoms with van der Waals surface area (Å²) in [5, 5.41) is 6.57. The van der Waals surface area contributed by atoms with Crippen molar-refractivity contribution >= 4 is 11.9 Å². The molecule has 1 aromatic carbocycles. The van der Waals surface area contributed by atoms with E-state index in [1.807, 2.05) is 31.2 Å². The number of amides is 1. The van der Waals surface area contributed by atoms with Gasteiger partial charge in [0.25, 0.3) is 5.91 Å². The summed E-state index contributed by atoms with van der Waals surface area (Å²) < 4.78 is 11.2. The van der Waals surface area contributed by atoms with Crippen LogP contribution in [0.3, 0.4) is 0 Å². The number of nitrogens with one attached hydrogen (secondary N) is 2. The number of aliphatic imine (C=N–C) groups is 1. The van der Waals surface area contributed by atoms with Crippen molar-refractivity contribution in [3.63, 3.8) is 0 Å². The van der Waals surface area contributed by atoms with Gasteiger partial charge in [-0.2, -0.15) is 0 Å². The lowest BCUT2D eigenvalue weighted by Gasteiger charge is -2.13. The van der Waals surface area contributed by atoms with Gasteiger partial charge >= 0.3 is 0 Å². The second-order valence-electron chi connectivity index (χ2n) is 7.17. The zero-order valence-electron chi connectivity index (χ0n) is 18.0. The first kappa shape index (κ1) is 23.8. The Kier molecular flexibility index (Phi) is 11.7. The molecule has 0 atom stereocenters. The topological polar surface area (TPSA) is 75.2 Å². The highest BCUT2D eigenvalue weighted by Crippen LogP contribution is 2.14. The fraction of sp³-hybridized carbons (Fsp3) is 0.619. The third-order valence-corrected chi connectivity index (χ3v) is 3.73. The van der Waals surface area contributed by atoms with Gasteiger partial charge in [-0.15, -0.1) is 0 Å². The molecule has 0 bridgehead atoms. The number of benzene rings is 1. The average molecular weight is 393 g/mol. The van der Waals surface area contributed by atoms with Gasteiger partial charge in [0, 0.05) is 40.4 Å². The Labute approximate surface area is 169 Å². The van der Waals surface area contributed by atoms with Crippen LogP contribution in [-0.2, 0) is 16.1 Å². The largest absolute Gasteiger partial charge is 0.484 e. The first-order valence-electron chi connectivity index (χ1n) is 9.94. The Morgan fingerprint density at radius 1 is 1.25 bits per heavy atom.